The van der Waals surface area contributed by atoms with Crippen LogP contribution in [-0.2, 0) is 52.4 Å². The number of hydrogen-bond acceptors (Lipinski definition) is 3. The molecule has 0 amide bonds. The Kier molecular flexibility index (Phi) is 43.5. The first kappa shape index (κ1) is 99.4. The Labute approximate surface area is 787 Å². The average Bonchev–Trinajstić information content (AvgIpc) is 1.69. The number of aromatic nitrogens is 4. The van der Waals surface area contributed by atoms with E-state index in [0.717, 1.165) is 89.9 Å². The van der Waals surface area contributed by atoms with E-state index in [1.807, 2.05) is 241 Å². The van der Waals surface area contributed by atoms with Gasteiger partial charge in [0.05, 0.1) is 34.5 Å². The fourth-order valence-electron chi connectivity index (χ4n) is 13.1. The molecule has 2 atom stereocenters. The van der Waals surface area contributed by atoms with Gasteiger partial charge in [0.15, 0.2) is 0 Å². The van der Waals surface area contributed by atoms with E-state index in [-0.39, 0.29) is 64.5 Å². The minimum Gasteiger partial charge on any atom is -0.673 e. The summed E-state index contributed by atoms with van der Waals surface area (Å²) in [7, 11) is 0. The summed E-state index contributed by atoms with van der Waals surface area (Å²) in [6.45, 7) is 42.4. The number of hydrogen-bond donors (Lipinski definition) is 1. The third kappa shape index (κ3) is 33.5. The standard InChI is InChI=1S/C34H35N3.C34H33N3.C7H8.6C7H7.2Zr/c2*1-24(2)29-21-14-22-30(25(3)4)34(29)35-33(27-17-10-6-11-18-27)31-23-32(26-15-8-5-9-16-26)37(36-31)28-19-12-7-13-20-28;7*1-7-5-3-2-4-6-7;;/h5-25,33,35H,1-4H3;5-19,21-25,33H,1-4H3;2-6H,1H3;6*2-6H,1H2;;/q;-2;;6*-1;2*+4. The monoisotopic (exact) mass is 1790 g/mol. The Morgan fingerprint density at radius 3 is 0.896 bits per heavy atom. The summed E-state index contributed by atoms with van der Waals surface area (Å²) in [5, 5.41) is 19.9. The molecule has 0 aliphatic rings. The summed E-state index contributed by atoms with van der Waals surface area (Å²) in [5.74, 6) is 1.54. The number of para-hydroxylation sites is 4. The molecule has 15 aromatic carbocycles. The van der Waals surface area contributed by atoms with Crippen LogP contribution in [0.1, 0.15) is 175 Å². The van der Waals surface area contributed by atoms with Crippen molar-refractivity contribution in [1.29, 1.82) is 0 Å². The van der Waals surface area contributed by atoms with Crippen molar-refractivity contribution in [1.82, 2.24) is 19.6 Å². The number of benzene rings is 15. The number of nitrogens with zero attached hydrogens (tertiary/aromatic N) is 5. The van der Waals surface area contributed by atoms with Crippen LogP contribution >= 0.6 is 0 Å². The first-order valence-corrected chi connectivity index (χ1v) is 42.2. The molecule has 2 aromatic heterocycles. The molecule has 624 valence electrons. The van der Waals surface area contributed by atoms with Gasteiger partial charge >= 0.3 is 52.4 Å². The van der Waals surface area contributed by atoms with Crippen LogP contribution in [0.4, 0.5) is 11.4 Å². The third-order valence-electron chi connectivity index (χ3n) is 19.6. The predicted molar refractivity (Wildman–Crippen MR) is 526 cm³/mol. The Morgan fingerprint density at radius 1 is 0.296 bits per heavy atom. The predicted octanol–water partition coefficient (Wildman–Crippen LogP) is 31.6. The zero-order valence-electron chi connectivity index (χ0n) is 74.0. The van der Waals surface area contributed by atoms with E-state index in [9.17, 15) is 0 Å². The van der Waals surface area contributed by atoms with E-state index in [1.54, 1.807) is 0 Å². The summed E-state index contributed by atoms with van der Waals surface area (Å²) in [6.07, 6.45) is 0. The van der Waals surface area contributed by atoms with Gasteiger partial charge < -0.3 is 10.6 Å². The van der Waals surface area contributed by atoms with Crippen molar-refractivity contribution in [2.24, 2.45) is 0 Å². The molecule has 0 spiro atoms. The van der Waals surface area contributed by atoms with Crippen LogP contribution in [0.3, 0.4) is 0 Å². The topological polar surface area (TPSA) is 61.8 Å². The minimum atomic E-state index is -0.244. The maximum Gasteiger partial charge on any atom is 4.00 e. The molecule has 0 fully saturated rings. The fraction of sp³-hybridized carbons (Fsp3) is 0.128. The second-order valence-electron chi connectivity index (χ2n) is 30.8. The van der Waals surface area contributed by atoms with E-state index in [0.29, 0.717) is 23.7 Å². The molecule has 8 heteroatoms. The van der Waals surface area contributed by atoms with E-state index in [1.165, 1.54) is 39.1 Å². The summed E-state index contributed by atoms with van der Waals surface area (Å²) >= 11 is 0. The number of nitrogens with one attached hydrogen (secondary N) is 1. The van der Waals surface area contributed by atoms with E-state index in [2.05, 4.69) is 320 Å². The summed E-state index contributed by atoms with van der Waals surface area (Å²) in [6, 6.07) is 151. The maximum absolute atomic E-state index is 5.50. The molecule has 0 saturated heterocycles. The first-order valence-electron chi connectivity index (χ1n) is 42.2. The molecule has 1 N–H and O–H groups in total. The van der Waals surface area contributed by atoms with Crippen LogP contribution in [0.15, 0.2) is 437 Å². The molecular weight excluding hydrogens is 1670 g/mol. The quantitative estimate of drug-likeness (QED) is 0.0981. The van der Waals surface area contributed by atoms with Gasteiger partial charge in [0.1, 0.15) is 0 Å². The van der Waals surface area contributed by atoms with Crippen LogP contribution < -0.4 is 5.32 Å². The second kappa shape index (κ2) is 54.7. The molecule has 2 unspecified atom stereocenters. The van der Waals surface area contributed by atoms with Crippen molar-refractivity contribution in [2.75, 3.05) is 5.32 Å². The van der Waals surface area contributed by atoms with Gasteiger partial charge in [0.25, 0.3) is 0 Å². The van der Waals surface area contributed by atoms with E-state index < -0.39 is 0 Å². The molecular formula is C117H118N6Zr2. The maximum atomic E-state index is 5.50. The van der Waals surface area contributed by atoms with Crippen molar-refractivity contribution in [2.45, 2.75) is 98.1 Å². The Balaban J connectivity index is 0.000000221. The Bertz CT molecular complexity index is 4910. The average molecular weight is 1790 g/mol. The van der Waals surface area contributed by atoms with Gasteiger partial charge in [-0.3, -0.25) is 4.68 Å². The van der Waals surface area contributed by atoms with Crippen molar-refractivity contribution in [3.63, 3.8) is 0 Å². The van der Waals surface area contributed by atoms with Crippen LogP contribution in [-0.4, -0.2) is 19.6 Å². The Morgan fingerprint density at radius 2 is 0.584 bits per heavy atom. The molecule has 6 nitrogen and oxygen atoms in total. The summed E-state index contributed by atoms with van der Waals surface area (Å²) in [5.41, 5.74) is 25.8. The van der Waals surface area contributed by atoms with Gasteiger partial charge in [-0.1, -0.05) is 320 Å². The molecule has 17 rings (SSSR count). The largest absolute Gasteiger partial charge is 4.00 e. The number of rotatable bonds is 16. The zero-order chi connectivity index (χ0) is 87.3. The second-order valence-corrected chi connectivity index (χ2v) is 30.8. The van der Waals surface area contributed by atoms with Crippen molar-refractivity contribution in [3.8, 4) is 33.9 Å². The SMILES string of the molecule is CC(C)c1cccc(C(C)C)c1NC(c1ccccc1)c1cc(-c2ccccc2)n(-c2ccccc2)n1.CC(C)c1cccc(C(C)C)c1[N-]C(c1ccccc1)c1cc(-c2ccccc2)n(-c2[c-]cccc2)n1.Cc1ccccc1.[CH2-]c1ccccc1.[CH2-]c1ccccc1.[CH2-]c1ccccc1.[CH2-]c1ccccc1.[CH2-]c1ccccc1.[CH2-]c1ccccc1.[Zr+4].[Zr+4]. The normalized spacial score (nSPS) is 10.6. The van der Waals surface area contributed by atoms with Crippen molar-refractivity contribution in [3.05, 3.63) is 573 Å². The van der Waals surface area contributed by atoms with Gasteiger partial charge in [0.2, 0.25) is 0 Å². The van der Waals surface area contributed by atoms with Gasteiger partial charge in [-0.25, -0.2) is 4.68 Å². The van der Waals surface area contributed by atoms with E-state index >= 15 is 0 Å². The summed E-state index contributed by atoms with van der Waals surface area (Å²) < 4.78 is 4.06. The molecule has 0 aliphatic carbocycles. The molecule has 125 heavy (non-hydrogen) atoms. The van der Waals surface area contributed by atoms with Gasteiger partial charge in [-0.05, 0) is 83.3 Å². The molecule has 0 bridgehead atoms. The molecule has 17 aromatic rings. The van der Waals surface area contributed by atoms with Crippen LogP contribution in [0.5, 0.6) is 0 Å². The minimum absolute atomic E-state index is 0. The van der Waals surface area contributed by atoms with Gasteiger partial charge in [-0.2, -0.15) is 182 Å². The molecule has 0 aliphatic heterocycles. The zero-order valence-corrected chi connectivity index (χ0v) is 78.9. The summed E-state index contributed by atoms with van der Waals surface area (Å²) in [4.78, 5) is 0. The van der Waals surface area contributed by atoms with Crippen LogP contribution in [0, 0.1) is 54.5 Å². The van der Waals surface area contributed by atoms with Crippen LogP contribution in [0.25, 0.3) is 39.2 Å². The van der Waals surface area contributed by atoms with Gasteiger partial charge in [0, 0.05) is 16.8 Å². The van der Waals surface area contributed by atoms with Crippen LogP contribution in [0.2, 0.25) is 0 Å². The van der Waals surface area contributed by atoms with Crippen molar-refractivity contribution < 1.29 is 52.4 Å². The smallest absolute Gasteiger partial charge is 0.673 e. The molecule has 2 heterocycles. The number of anilines is 1. The van der Waals surface area contributed by atoms with Crippen molar-refractivity contribution >= 4 is 11.4 Å². The third-order valence-corrected chi connectivity index (χ3v) is 19.6. The fourth-order valence-corrected chi connectivity index (χ4v) is 13.1. The molecule has 0 radical (unpaired) electrons. The number of aryl methyl sites for hydroxylation is 1. The Hall–Kier alpha value is -12.7. The van der Waals surface area contributed by atoms with E-state index in [4.69, 9.17) is 15.5 Å². The first-order chi connectivity index (χ1) is 59.8. The molecule has 0 saturated carbocycles. The van der Waals surface area contributed by atoms with Gasteiger partial charge in [-0.15, -0.1) is 84.6 Å².